The number of aromatic nitrogens is 1. The zero-order chi connectivity index (χ0) is 15.6. The SMILES string of the molecule is CC1CCN(C(=O)c2ccnc(N(C)C)c2)C(C(=O)O)C1. The number of amides is 1. The molecule has 1 N–H and O–H groups in total. The summed E-state index contributed by atoms with van der Waals surface area (Å²) in [5.74, 6) is -0.167. The number of hydrogen-bond acceptors (Lipinski definition) is 4. The molecule has 2 unspecified atom stereocenters. The minimum atomic E-state index is -0.934. The maximum atomic E-state index is 12.6. The van der Waals surface area contributed by atoms with Crippen molar-refractivity contribution in [3.63, 3.8) is 0 Å². The first-order valence-electron chi connectivity index (χ1n) is 7.07. The van der Waals surface area contributed by atoms with Gasteiger partial charge in [0.05, 0.1) is 0 Å². The van der Waals surface area contributed by atoms with Gasteiger partial charge in [-0.25, -0.2) is 9.78 Å². The molecule has 2 atom stereocenters. The van der Waals surface area contributed by atoms with Gasteiger partial charge in [0.15, 0.2) is 0 Å². The third-order valence-electron chi connectivity index (χ3n) is 3.86. The first-order chi connectivity index (χ1) is 9.90. The predicted molar refractivity (Wildman–Crippen MR) is 79.4 cm³/mol. The van der Waals surface area contributed by atoms with Crippen molar-refractivity contribution in [3.8, 4) is 0 Å². The molecule has 21 heavy (non-hydrogen) atoms. The molecule has 114 valence electrons. The van der Waals surface area contributed by atoms with E-state index >= 15 is 0 Å². The molecular weight excluding hydrogens is 270 g/mol. The van der Waals surface area contributed by atoms with E-state index in [2.05, 4.69) is 4.98 Å². The van der Waals surface area contributed by atoms with Gasteiger partial charge in [-0.3, -0.25) is 4.79 Å². The maximum absolute atomic E-state index is 12.6. The van der Waals surface area contributed by atoms with Gasteiger partial charge in [-0.15, -0.1) is 0 Å². The molecule has 2 rings (SSSR count). The Hall–Kier alpha value is -2.11. The van der Waals surface area contributed by atoms with E-state index in [1.165, 1.54) is 4.90 Å². The van der Waals surface area contributed by atoms with Gasteiger partial charge < -0.3 is 14.9 Å². The van der Waals surface area contributed by atoms with Crippen LogP contribution >= 0.6 is 0 Å². The fourth-order valence-corrected chi connectivity index (χ4v) is 2.58. The van der Waals surface area contributed by atoms with E-state index in [1.54, 1.807) is 18.3 Å². The highest BCUT2D eigenvalue weighted by Gasteiger charge is 2.35. The summed E-state index contributed by atoms with van der Waals surface area (Å²) >= 11 is 0. The number of carbonyl (C=O) groups excluding carboxylic acids is 1. The molecule has 1 aliphatic heterocycles. The average Bonchev–Trinajstić information content (AvgIpc) is 2.46. The predicted octanol–water partition coefficient (Wildman–Crippen LogP) is 1.47. The molecule has 1 aromatic rings. The number of likely N-dealkylation sites (tertiary alicyclic amines) is 1. The average molecular weight is 291 g/mol. The van der Waals surface area contributed by atoms with E-state index < -0.39 is 12.0 Å². The van der Waals surface area contributed by atoms with Crippen molar-refractivity contribution in [2.45, 2.75) is 25.8 Å². The van der Waals surface area contributed by atoms with E-state index in [9.17, 15) is 14.7 Å². The van der Waals surface area contributed by atoms with Crippen LogP contribution in [0.15, 0.2) is 18.3 Å². The summed E-state index contributed by atoms with van der Waals surface area (Å²) in [6.45, 7) is 2.50. The van der Waals surface area contributed by atoms with Crippen molar-refractivity contribution < 1.29 is 14.7 Å². The summed E-state index contributed by atoms with van der Waals surface area (Å²) in [7, 11) is 3.69. The largest absolute Gasteiger partial charge is 0.480 e. The van der Waals surface area contributed by atoms with Crippen molar-refractivity contribution in [2.24, 2.45) is 5.92 Å². The van der Waals surface area contributed by atoms with Crippen LogP contribution in [0.25, 0.3) is 0 Å². The highest BCUT2D eigenvalue weighted by atomic mass is 16.4. The quantitative estimate of drug-likeness (QED) is 0.913. The lowest BCUT2D eigenvalue weighted by molar-refractivity contribution is -0.144. The number of piperidine rings is 1. The number of pyridine rings is 1. The summed E-state index contributed by atoms with van der Waals surface area (Å²) in [6.07, 6.45) is 2.92. The zero-order valence-corrected chi connectivity index (χ0v) is 12.6. The molecule has 2 heterocycles. The molecule has 1 saturated heterocycles. The number of aliphatic carboxylic acids is 1. The van der Waals surface area contributed by atoms with Gasteiger partial charge in [0.2, 0.25) is 0 Å². The Labute approximate surface area is 124 Å². The van der Waals surface area contributed by atoms with Crippen LogP contribution in [-0.2, 0) is 4.79 Å². The van der Waals surface area contributed by atoms with Crippen molar-refractivity contribution in [1.29, 1.82) is 0 Å². The van der Waals surface area contributed by atoms with Gasteiger partial charge in [-0.1, -0.05) is 6.92 Å². The molecule has 0 radical (unpaired) electrons. The lowest BCUT2D eigenvalue weighted by atomic mass is 9.92. The van der Waals surface area contributed by atoms with Crippen molar-refractivity contribution in [2.75, 3.05) is 25.5 Å². The highest BCUT2D eigenvalue weighted by Crippen LogP contribution is 2.25. The van der Waals surface area contributed by atoms with Crippen LogP contribution in [0, 0.1) is 5.92 Å². The van der Waals surface area contributed by atoms with Crippen LogP contribution in [-0.4, -0.2) is 53.5 Å². The van der Waals surface area contributed by atoms with Gasteiger partial charge >= 0.3 is 5.97 Å². The molecule has 1 fully saturated rings. The number of rotatable bonds is 3. The van der Waals surface area contributed by atoms with Crippen LogP contribution in [0.2, 0.25) is 0 Å². The van der Waals surface area contributed by atoms with E-state index in [0.717, 1.165) is 6.42 Å². The number of hydrogen-bond donors (Lipinski definition) is 1. The van der Waals surface area contributed by atoms with Crippen LogP contribution in [0.4, 0.5) is 5.82 Å². The molecule has 6 nitrogen and oxygen atoms in total. The summed E-state index contributed by atoms with van der Waals surface area (Å²) in [5.41, 5.74) is 0.481. The topological polar surface area (TPSA) is 73.7 Å². The first kappa shape index (κ1) is 15.3. The normalized spacial score (nSPS) is 22.0. The van der Waals surface area contributed by atoms with Gasteiger partial charge in [-0.2, -0.15) is 0 Å². The number of carboxylic acids is 1. The van der Waals surface area contributed by atoms with Crippen LogP contribution in [0.3, 0.4) is 0 Å². The monoisotopic (exact) mass is 291 g/mol. The molecule has 6 heteroatoms. The summed E-state index contributed by atoms with van der Waals surface area (Å²) in [6, 6.07) is 2.59. The van der Waals surface area contributed by atoms with Crippen molar-refractivity contribution in [1.82, 2.24) is 9.88 Å². The third-order valence-corrected chi connectivity index (χ3v) is 3.86. The van der Waals surface area contributed by atoms with Gasteiger partial charge in [0.1, 0.15) is 11.9 Å². The Bertz CT molecular complexity index is 545. The minimum Gasteiger partial charge on any atom is -0.480 e. The van der Waals surface area contributed by atoms with E-state index in [1.807, 2.05) is 25.9 Å². The molecule has 1 aliphatic rings. The second kappa shape index (κ2) is 6.11. The summed E-state index contributed by atoms with van der Waals surface area (Å²) in [5, 5.41) is 9.35. The summed E-state index contributed by atoms with van der Waals surface area (Å²) in [4.78, 5) is 31.5. The van der Waals surface area contributed by atoms with Gasteiger partial charge in [-0.05, 0) is 30.9 Å². The number of carboxylic acid groups (broad SMARTS) is 1. The molecule has 0 saturated carbocycles. The van der Waals surface area contributed by atoms with Crippen LogP contribution in [0.5, 0.6) is 0 Å². The standard InChI is InChI=1S/C15H21N3O3/c1-10-5-7-18(12(8-10)15(20)21)14(19)11-4-6-16-13(9-11)17(2)3/h4,6,9-10,12H,5,7-8H2,1-3H3,(H,20,21). The smallest absolute Gasteiger partial charge is 0.326 e. The number of carbonyl (C=O) groups is 2. The lowest BCUT2D eigenvalue weighted by Gasteiger charge is -2.36. The van der Waals surface area contributed by atoms with Crippen LogP contribution < -0.4 is 4.90 Å². The highest BCUT2D eigenvalue weighted by molar-refractivity contribution is 5.97. The van der Waals surface area contributed by atoms with Crippen LogP contribution in [0.1, 0.15) is 30.1 Å². The molecule has 0 spiro atoms. The second-order valence-electron chi connectivity index (χ2n) is 5.78. The fraction of sp³-hybridized carbons (Fsp3) is 0.533. The summed E-state index contributed by atoms with van der Waals surface area (Å²) < 4.78 is 0. The minimum absolute atomic E-state index is 0.236. The van der Waals surface area contributed by atoms with E-state index in [4.69, 9.17) is 0 Å². The Morgan fingerprint density at radius 1 is 1.43 bits per heavy atom. The Morgan fingerprint density at radius 2 is 2.14 bits per heavy atom. The zero-order valence-electron chi connectivity index (χ0n) is 12.6. The molecule has 1 aromatic heterocycles. The van der Waals surface area contributed by atoms with E-state index in [0.29, 0.717) is 30.3 Å². The third kappa shape index (κ3) is 3.32. The maximum Gasteiger partial charge on any atom is 0.326 e. The van der Waals surface area contributed by atoms with Crippen molar-refractivity contribution in [3.05, 3.63) is 23.9 Å². The fourth-order valence-electron chi connectivity index (χ4n) is 2.58. The molecule has 0 aliphatic carbocycles. The Balaban J connectivity index is 2.25. The molecule has 0 bridgehead atoms. The Kier molecular flexibility index (Phi) is 4.45. The van der Waals surface area contributed by atoms with E-state index in [-0.39, 0.29) is 5.91 Å². The van der Waals surface area contributed by atoms with Gasteiger partial charge in [0, 0.05) is 32.4 Å². The molecular formula is C15H21N3O3. The molecule has 0 aromatic carbocycles. The first-order valence-corrected chi connectivity index (χ1v) is 7.07. The van der Waals surface area contributed by atoms with Crippen molar-refractivity contribution >= 4 is 17.7 Å². The number of anilines is 1. The lowest BCUT2D eigenvalue weighted by Crippen LogP contribution is -2.49. The van der Waals surface area contributed by atoms with Gasteiger partial charge in [0.25, 0.3) is 5.91 Å². The number of nitrogens with zero attached hydrogens (tertiary/aromatic N) is 3. The second-order valence-corrected chi connectivity index (χ2v) is 5.78. The Morgan fingerprint density at radius 3 is 2.76 bits per heavy atom. The molecule has 1 amide bonds.